The van der Waals surface area contributed by atoms with Crippen LogP contribution in [0.4, 0.5) is 0 Å². The number of allylic oxidation sites excluding steroid dienone is 1. The maximum atomic E-state index is 2.45. The summed E-state index contributed by atoms with van der Waals surface area (Å²) in [6, 6.07) is 4.64. The van der Waals surface area contributed by atoms with Crippen molar-refractivity contribution in [3.05, 3.63) is 42.4 Å². The Morgan fingerprint density at radius 3 is 1.97 bits per heavy atom. The summed E-state index contributed by atoms with van der Waals surface area (Å²) in [4.78, 5) is 0. The zero-order valence-electron chi connectivity index (χ0n) is 21.4. The molecule has 0 aliphatic carbocycles. The van der Waals surface area contributed by atoms with E-state index in [0.29, 0.717) is 0 Å². The molecule has 0 N–H and O–H groups in total. The van der Waals surface area contributed by atoms with Crippen LogP contribution in [0.1, 0.15) is 122 Å². The molecule has 1 atom stereocenters. The van der Waals surface area contributed by atoms with Gasteiger partial charge in [0.15, 0.2) is 18.6 Å². The zero-order chi connectivity index (χ0) is 22.7. The number of nitrogens with zero attached hydrogens (tertiary/aromatic N) is 2. The van der Waals surface area contributed by atoms with Gasteiger partial charge in [-0.05, 0) is 49.7 Å². The van der Waals surface area contributed by atoms with Crippen molar-refractivity contribution < 1.29 is 9.14 Å². The van der Waals surface area contributed by atoms with Crippen LogP contribution in [0.3, 0.4) is 0 Å². The Morgan fingerprint density at radius 2 is 1.34 bits per heavy atom. The lowest BCUT2D eigenvalue weighted by Crippen LogP contribution is -2.32. The SMILES string of the molecule is CCCCCc1cc[n+](CCCCCCCCCC[N+]2=CCC(CCCCC)C=C2)cc1. The highest BCUT2D eigenvalue weighted by atomic mass is 15.0. The number of rotatable bonds is 19. The minimum Gasteiger partial charge on any atom is -0.209 e. The van der Waals surface area contributed by atoms with Gasteiger partial charge in [-0.1, -0.05) is 71.6 Å². The van der Waals surface area contributed by atoms with Crippen molar-refractivity contribution in [2.75, 3.05) is 6.54 Å². The van der Waals surface area contributed by atoms with E-state index in [4.69, 9.17) is 0 Å². The van der Waals surface area contributed by atoms with Crippen molar-refractivity contribution in [2.24, 2.45) is 5.92 Å². The van der Waals surface area contributed by atoms with Crippen LogP contribution in [0.5, 0.6) is 0 Å². The van der Waals surface area contributed by atoms with Gasteiger partial charge in [0, 0.05) is 31.4 Å². The number of hydrogen-bond donors (Lipinski definition) is 0. The predicted molar refractivity (Wildman–Crippen MR) is 139 cm³/mol. The molecule has 32 heavy (non-hydrogen) atoms. The lowest BCUT2D eigenvalue weighted by molar-refractivity contribution is -0.697. The van der Waals surface area contributed by atoms with E-state index in [1.165, 1.54) is 128 Å². The largest absolute Gasteiger partial charge is 0.209 e. The maximum Gasteiger partial charge on any atom is 0.169 e. The monoisotopic (exact) mass is 440 g/mol. The van der Waals surface area contributed by atoms with Gasteiger partial charge in [0.25, 0.3) is 0 Å². The normalized spacial score (nSPS) is 15.8. The fraction of sp³-hybridized carbons (Fsp3) is 0.733. The molecule has 0 saturated heterocycles. The van der Waals surface area contributed by atoms with Gasteiger partial charge in [0.05, 0.1) is 0 Å². The van der Waals surface area contributed by atoms with Crippen molar-refractivity contribution in [1.29, 1.82) is 0 Å². The quantitative estimate of drug-likeness (QED) is 0.152. The van der Waals surface area contributed by atoms with Gasteiger partial charge in [-0.15, -0.1) is 0 Å². The third-order valence-corrected chi connectivity index (χ3v) is 6.98. The van der Waals surface area contributed by atoms with Crippen LogP contribution in [0.2, 0.25) is 0 Å². The first-order valence-corrected chi connectivity index (χ1v) is 14.1. The van der Waals surface area contributed by atoms with Crippen molar-refractivity contribution in [2.45, 2.75) is 130 Å². The van der Waals surface area contributed by atoms with Crippen LogP contribution in [0, 0.1) is 5.92 Å². The second-order valence-electron chi connectivity index (χ2n) is 9.98. The van der Waals surface area contributed by atoms with E-state index >= 15 is 0 Å². The maximum absolute atomic E-state index is 2.45. The Morgan fingerprint density at radius 1 is 0.719 bits per heavy atom. The van der Waals surface area contributed by atoms with Crippen LogP contribution >= 0.6 is 0 Å². The summed E-state index contributed by atoms with van der Waals surface area (Å²) in [5.41, 5.74) is 1.50. The average molecular weight is 441 g/mol. The Balaban J connectivity index is 1.39. The van der Waals surface area contributed by atoms with Crippen molar-refractivity contribution in [1.82, 2.24) is 0 Å². The summed E-state index contributed by atoms with van der Waals surface area (Å²) in [6.07, 6.45) is 34.8. The molecule has 1 aromatic rings. The van der Waals surface area contributed by atoms with Crippen LogP contribution in [-0.2, 0) is 13.0 Å². The number of aromatic nitrogens is 1. The molecular formula is C30H52N2+2. The Kier molecular flexibility index (Phi) is 15.1. The van der Waals surface area contributed by atoms with Crippen molar-refractivity contribution in [3.8, 4) is 0 Å². The Labute approximate surface area is 199 Å². The third kappa shape index (κ3) is 12.6. The van der Waals surface area contributed by atoms with Gasteiger partial charge in [0.2, 0.25) is 0 Å². The number of pyridine rings is 1. The molecule has 1 aliphatic heterocycles. The summed E-state index contributed by atoms with van der Waals surface area (Å²) < 4.78 is 4.80. The first-order chi connectivity index (χ1) is 15.8. The number of hydrogen-bond acceptors (Lipinski definition) is 0. The molecule has 2 heterocycles. The highest BCUT2D eigenvalue weighted by molar-refractivity contribution is 5.53. The molecule has 0 saturated carbocycles. The smallest absolute Gasteiger partial charge is 0.169 e. The second kappa shape index (κ2) is 18.0. The van der Waals surface area contributed by atoms with Crippen LogP contribution in [-0.4, -0.2) is 17.3 Å². The van der Waals surface area contributed by atoms with Crippen LogP contribution in [0.25, 0.3) is 0 Å². The van der Waals surface area contributed by atoms with E-state index < -0.39 is 0 Å². The van der Waals surface area contributed by atoms with Gasteiger partial charge >= 0.3 is 0 Å². The van der Waals surface area contributed by atoms with E-state index in [-0.39, 0.29) is 0 Å². The Bertz CT molecular complexity index is 629. The standard InChI is InChI=1S/C30H52N2/c1-3-5-13-17-29-19-25-31(26-20-29)23-15-11-9-7-8-10-12-16-24-32-27-21-30(22-28-32)18-14-6-4-2/h19-21,25-28,30H,3-18,22-24H2,1-2H3/q+2. The van der Waals surface area contributed by atoms with Crippen LogP contribution < -0.4 is 4.57 Å². The van der Waals surface area contributed by atoms with E-state index in [9.17, 15) is 0 Å². The minimum atomic E-state index is 0.797. The van der Waals surface area contributed by atoms with Gasteiger partial charge in [-0.2, -0.15) is 0 Å². The molecule has 1 aliphatic rings. The highest BCUT2D eigenvalue weighted by Crippen LogP contribution is 2.17. The number of unbranched alkanes of at least 4 members (excludes halogenated alkanes) is 11. The summed E-state index contributed by atoms with van der Waals surface area (Å²) in [6.45, 7) is 6.95. The third-order valence-electron chi connectivity index (χ3n) is 6.98. The molecule has 180 valence electrons. The predicted octanol–water partition coefficient (Wildman–Crippen LogP) is 8.02. The van der Waals surface area contributed by atoms with Gasteiger partial charge in [0.1, 0.15) is 19.3 Å². The zero-order valence-corrected chi connectivity index (χ0v) is 21.4. The molecule has 0 fully saturated rings. The molecule has 1 unspecified atom stereocenters. The molecule has 2 nitrogen and oxygen atoms in total. The van der Waals surface area contributed by atoms with Crippen molar-refractivity contribution in [3.63, 3.8) is 0 Å². The highest BCUT2D eigenvalue weighted by Gasteiger charge is 2.12. The molecule has 0 bridgehead atoms. The summed E-state index contributed by atoms with van der Waals surface area (Å²) >= 11 is 0. The average Bonchev–Trinajstić information content (AvgIpc) is 2.82. The van der Waals surface area contributed by atoms with E-state index in [1.807, 2.05) is 0 Å². The molecule has 0 spiro atoms. The molecule has 0 aromatic carbocycles. The van der Waals surface area contributed by atoms with Crippen LogP contribution in [0.15, 0.2) is 36.8 Å². The summed E-state index contributed by atoms with van der Waals surface area (Å²) in [7, 11) is 0. The first-order valence-electron chi connectivity index (χ1n) is 14.1. The first kappa shape index (κ1) is 26.8. The number of aryl methyl sites for hydroxylation is 2. The molecule has 0 radical (unpaired) electrons. The fourth-order valence-corrected chi connectivity index (χ4v) is 4.71. The van der Waals surface area contributed by atoms with Gasteiger partial charge in [-0.25, -0.2) is 9.14 Å². The fourth-order valence-electron chi connectivity index (χ4n) is 4.71. The van der Waals surface area contributed by atoms with E-state index in [1.54, 1.807) is 0 Å². The van der Waals surface area contributed by atoms with Gasteiger partial charge < -0.3 is 0 Å². The Hall–Kier alpha value is -1.44. The van der Waals surface area contributed by atoms with Crippen molar-refractivity contribution >= 4 is 6.21 Å². The van der Waals surface area contributed by atoms with E-state index in [2.05, 4.69) is 66.0 Å². The second-order valence-corrected chi connectivity index (χ2v) is 9.98. The minimum absolute atomic E-state index is 0.797. The molecular weight excluding hydrogens is 388 g/mol. The molecule has 2 rings (SSSR count). The topological polar surface area (TPSA) is 6.89 Å². The molecule has 1 aromatic heterocycles. The summed E-state index contributed by atoms with van der Waals surface area (Å²) in [5, 5.41) is 0. The molecule has 2 heteroatoms. The lowest BCUT2D eigenvalue weighted by atomic mass is 9.97. The summed E-state index contributed by atoms with van der Waals surface area (Å²) in [5.74, 6) is 0.797. The molecule has 0 amide bonds. The van der Waals surface area contributed by atoms with Gasteiger partial charge in [-0.3, -0.25) is 0 Å². The van der Waals surface area contributed by atoms with E-state index in [0.717, 1.165) is 5.92 Å². The lowest BCUT2D eigenvalue weighted by Gasteiger charge is -2.12.